The normalized spacial score (nSPS) is 18.6. The predicted molar refractivity (Wildman–Crippen MR) is 76.5 cm³/mol. The molecule has 0 aromatic carbocycles. The lowest BCUT2D eigenvalue weighted by atomic mass is 10.0. The molecular formula is C14H22N4O2. The van der Waals surface area contributed by atoms with Gasteiger partial charge in [0.05, 0.1) is 5.60 Å². The fraction of sp³-hybridized carbons (Fsp3) is 0.571. The Bertz CT molecular complexity index is 484. The molecule has 20 heavy (non-hydrogen) atoms. The SMILES string of the molecule is CN(Cc1ccnc(/C(N)=N/O)c1)CC1(O)CCCC1. The monoisotopic (exact) mass is 278 g/mol. The maximum Gasteiger partial charge on any atom is 0.188 e. The fourth-order valence-electron chi connectivity index (χ4n) is 2.83. The van der Waals surface area contributed by atoms with Gasteiger partial charge in [0, 0.05) is 19.3 Å². The number of oxime groups is 1. The number of rotatable bonds is 5. The van der Waals surface area contributed by atoms with Gasteiger partial charge in [-0.3, -0.25) is 9.88 Å². The van der Waals surface area contributed by atoms with E-state index in [1.54, 1.807) is 12.3 Å². The van der Waals surface area contributed by atoms with Gasteiger partial charge in [-0.05, 0) is 37.6 Å². The molecule has 1 saturated carbocycles. The van der Waals surface area contributed by atoms with E-state index in [1.807, 2.05) is 13.1 Å². The van der Waals surface area contributed by atoms with Crippen LogP contribution in [0.5, 0.6) is 0 Å². The van der Waals surface area contributed by atoms with Crippen LogP contribution in [0.1, 0.15) is 36.9 Å². The summed E-state index contributed by atoms with van der Waals surface area (Å²) in [6.07, 6.45) is 5.60. The van der Waals surface area contributed by atoms with Gasteiger partial charge in [0.1, 0.15) is 5.69 Å². The third-order valence-corrected chi connectivity index (χ3v) is 3.75. The summed E-state index contributed by atoms with van der Waals surface area (Å²) in [5, 5.41) is 22.0. The maximum atomic E-state index is 10.4. The molecule has 0 amide bonds. The third kappa shape index (κ3) is 3.68. The van der Waals surface area contributed by atoms with Crippen molar-refractivity contribution in [3.05, 3.63) is 29.6 Å². The molecule has 1 aromatic rings. The van der Waals surface area contributed by atoms with Gasteiger partial charge in [0.2, 0.25) is 0 Å². The van der Waals surface area contributed by atoms with E-state index in [9.17, 15) is 5.11 Å². The number of aliphatic hydroxyl groups is 1. The highest BCUT2D eigenvalue weighted by molar-refractivity contribution is 5.95. The average Bonchev–Trinajstić information content (AvgIpc) is 2.84. The van der Waals surface area contributed by atoms with Crippen LogP contribution in [0.2, 0.25) is 0 Å². The predicted octanol–water partition coefficient (Wildman–Crippen LogP) is 0.913. The van der Waals surface area contributed by atoms with E-state index in [4.69, 9.17) is 10.9 Å². The number of hydrogen-bond donors (Lipinski definition) is 3. The van der Waals surface area contributed by atoms with E-state index in [2.05, 4.69) is 15.0 Å². The highest BCUT2D eigenvalue weighted by Gasteiger charge is 2.32. The minimum Gasteiger partial charge on any atom is -0.409 e. The molecule has 0 aliphatic heterocycles. The standard InChI is InChI=1S/C14H22N4O2/c1-18(10-14(19)5-2-3-6-14)9-11-4-7-16-12(8-11)13(15)17-20/h4,7-8,19-20H,2-3,5-6,9-10H2,1H3,(H2,15,17). The summed E-state index contributed by atoms with van der Waals surface area (Å²) in [7, 11) is 1.99. The average molecular weight is 278 g/mol. The molecule has 0 unspecified atom stereocenters. The van der Waals surface area contributed by atoms with Crippen LogP contribution >= 0.6 is 0 Å². The third-order valence-electron chi connectivity index (χ3n) is 3.75. The second-order valence-electron chi connectivity index (χ2n) is 5.64. The first-order chi connectivity index (χ1) is 9.52. The van der Waals surface area contributed by atoms with Crippen molar-refractivity contribution in [1.82, 2.24) is 9.88 Å². The van der Waals surface area contributed by atoms with Crippen LogP contribution in [0, 0.1) is 0 Å². The van der Waals surface area contributed by atoms with Crippen LogP contribution < -0.4 is 5.73 Å². The maximum absolute atomic E-state index is 10.4. The quantitative estimate of drug-likeness (QED) is 0.322. The molecule has 0 saturated heterocycles. The first kappa shape index (κ1) is 14.7. The number of nitrogens with two attached hydrogens (primary N) is 1. The molecule has 0 spiro atoms. The van der Waals surface area contributed by atoms with Gasteiger partial charge in [-0.15, -0.1) is 0 Å². The molecular weight excluding hydrogens is 256 g/mol. The Hall–Kier alpha value is -1.66. The minimum atomic E-state index is -0.545. The van der Waals surface area contributed by atoms with Gasteiger partial charge in [-0.1, -0.05) is 18.0 Å². The lowest BCUT2D eigenvalue weighted by Crippen LogP contribution is -2.38. The lowest BCUT2D eigenvalue weighted by molar-refractivity contribution is 0.0145. The Kier molecular flexibility index (Phi) is 4.57. The molecule has 4 N–H and O–H groups in total. The van der Waals surface area contributed by atoms with Gasteiger partial charge in [0.25, 0.3) is 0 Å². The summed E-state index contributed by atoms with van der Waals surface area (Å²) in [5.41, 5.74) is 6.46. The summed E-state index contributed by atoms with van der Waals surface area (Å²) in [5.74, 6) is 0.00363. The number of aromatic nitrogens is 1. The van der Waals surface area contributed by atoms with E-state index >= 15 is 0 Å². The lowest BCUT2D eigenvalue weighted by Gasteiger charge is -2.28. The Morgan fingerprint density at radius 1 is 1.50 bits per heavy atom. The van der Waals surface area contributed by atoms with Crippen molar-refractivity contribution in [1.29, 1.82) is 0 Å². The number of likely N-dealkylation sites (N-methyl/N-ethyl adjacent to an activating group) is 1. The van der Waals surface area contributed by atoms with Crippen LogP contribution in [-0.2, 0) is 6.54 Å². The summed E-state index contributed by atoms with van der Waals surface area (Å²) in [6.45, 7) is 1.35. The highest BCUT2D eigenvalue weighted by atomic mass is 16.4. The molecule has 0 atom stereocenters. The highest BCUT2D eigenvalue weighted by Crippen LogP contribution is 2.30. The van der Waals surface area contributed by atoms with Crippen LogP contribution in [0.4, 0.5) is 0 Å². The van der Waals surface area contributed by atoms with E-state index in [0.29, 0.717) is 18.8 Å². The van der Waals surface area contributed by atoms with Gasteiger partial charge < -0.3 is 16.0 Å². The number of nitrogens with zero attached hydrogens (tertiary/aromatic N) is 3. The molecule has 110 valence electrons. The van der Waals surface area contributed by atoms with Crippen molar-refractivity contribution in [3.8, 4) is 0 Å². The zero-order valence-electron chi connectivity index (χ0n) is 11.8. The van der Waals surface area contributed by atoms with Gasteiger partial charge in [0.15, 0.2) is 5.84 Å². The van der Waals surface area contributed by atoms with Crippen molar-refractivity contribution in [2.45, 2.75) is 37.8 Å². The minimum absolute atomic E-state index is 0.00363. The van der Waals surface area contributed by atoms with Crippen LogP contribution in [0.3, 0.4) is 0 Å². The molecule has 6 nitrogen and oxygen atoms in total. The van der Waals surface area contributed by atoms with E-state index < -0.39 is 5.60 Å². The summed E-state index contributed by atoms with van der Waals surface area (Å²) in [4.78, 5) is 6.14. The van der Waals surface area contributed by atoms with Crippen LogP contribution in [0.15, 0.2) is 23.5 Å². The molecule has 1 aliphatic carbocycles. The smallest absolute Gasteiger partial charge is 0.188 e. The topological polar surface area (TPSA) is 95.0 Å². The zero-order chi connectivity index (χ0) is 14.6. The fourth-order valence-corrected chi connectivity index (χ4v) is 2.83. The molecule has 1 aromatic heterocycles. The molecule has 1 heterocycles. The van der Waals surface area contributed by atoms with Crippen molar-refractivity contribution in [3.63, 3.8) is 0 Å². The van der Waals surface area contributed by atoms with Gasteiger partial charge in [-0.25, -0.2) is 0 Å². The first-order valence-corrected chi connectivity index (χ1v) is 6.86. The molecule has 2 rings (SSSR count). The van der Waals surface area contributed by atoms with Crippen molar-refractivity contribution >= 4 is 5.84 Å². The van der Waals surface area contributed by atoms with Crippen LogP contribution in [0.25, 0.3) is 0 Å². The number of amidine groups is 1. The summed E-state index contributed by atoms with van der Waals surface area (Å²) in [6, 6.07) is 3.69. The summed E-state index contributed by atoms with van der Waals surface area (Å²) >= 11 is 0. The summed E-state index contributed by atoms with van der Waals surface area (Å²) < 4.78 is 0. The molecule has 6 heteroatoms. The largest absolute Gasteiger partial charge is 0.409 e. The second-order valence-corrected chi connectivity index (χ2v) is 5.64. The zero-order valence-corrected chi connectivity index (χ0v) is 11.8. The Morgan fingerprint density at radius 3 is 2.85 bits per heavy atom. The second kappa shape index (κ2) is 6.19. The number of hydrogen-bond acceptors (Lipinski definition) is 5. The van der Waals surface area contributed by atoms with Crippen LogP contribution in [-0.4, -0.2) is 45.2 Å². The van der Waals surface area contributed by atoms with Gasteiger partial charge in [-0.2, -0.15) is 0 Å². The Labute approximate surface area is 118 Å². The Balaban J connectivity index is 1.99. The van der Waals surface area contributed by atoms with E-state index in [-0.39, 0.29) is 5.84 Å². The molecule has 1 aliphatic rings. The van der Waals surface area contributed by atoms with Crippen molar-refractivity contribution < 1.29 is 10.3 Å². The van der Waals surface area contributed by atoms with Crippen molar-refractivity contribution in [2.24, 2.45) is 10.9 Å². The Morgan fingerprint density at radius 2 is 2.20 bits per heavy atom. The molecule has 1 fully saturated rings. The van der Waals surface area contributed by atoms with Crippen molar-refractivity contribution in [2.75, 3.05) is 13.6 Å². The van der Waals surface area contributed by atoms with E-state index in [1.165, 1.54) is 0 Å². The van der Waals surface area contributed by atoms with Gasteiger partial charge >= 0.3 is 0 Å². The number of pyridine rings is 1. The molecule has 0 radical (unpaired) electrons. The molecule has 0 bridgehead atoms. The van der Waals surface area contributed by atoms with E-state index in [0.717, 1.165) is 31.2 Å². The first-order valence-electron chi connectivity index (χ1n) is 6.86.